The summed E-state index contributed by atoms with van der Waals surface area (Å²) in [4.78, 5) is 2.30. The van der Waals surface area contributed by atoms with Crippen LogP contribution in [0.5, 0.6) is 0 Å². The molecule has 0 bridgehead atoms. The van der Waals surface area contributed by atoms with Crippen molar-refractivity contribution in [3.8, 4) is 16.8 Å². The number of benzene rings is 8. The van der Waals surface area contributed by atoms with Crippen molar-refractivity contribution in [2.45, 2.75) is 0 Å². The lowest BCUT2D eigenvalue weighted by Gasteiger charge is -2.25. The molecule has 0 amide bonds. The second-order valence-electron chi connectivity index (χ2n) is 12.6. The topological polar surface area (TPSA) is 21.3 Å². The molecule has 0 fully saturated rings. The van der Waals surface area contributed by atoms with Gasteiger partial charge in [-0.25, -0.2) is 0 Å². The van der Waals surface area contributed by atoms with Crippen molar-refractivity contribution in [2.75, 3.05) is 4.90 Å². The Hall–Kier alpha value is -6.58. The van der Waals surface area contributed by atoms with Crippen molar-refractivity contribution in [1.82, 2.24) is 4.57 Å². The van der Waals surface area contributed by atoms with Gasteiger partial charge in [0.05, 0.1) is 11.0 Å². The molecule has 0 N–H and O–H groups in total. The molecule has 10 aromatic rings. The lowest BCUT2D eigenvalue weighted by molar-refractivity contribution is 0.669. The number of fused-ring (bicyclic) bond motifs is 8. The SMILES string of the molecule is c1ccc(N(c2ccccc2)c2ccc3oc4cc(-c5ccc6c7ccccc7n(-c7ccccc7)c6c5)c5ccccc5c4c3c2)cc1. The van der Waals surface area contributed by atoms with Crippen LogP contribution in [0.15, 0.2) is 186 Å². The van der Waals surface area contributed by atoms with Gasteiger partial charge in [0.25, 0.3) is 0 Å². The average Bonchev–Trinajstić information content (AvgIpc) is 3.71. The summed E-state index contributed by atoms with van der Waals surface area (Å²) in [6.45, 7) is 0. The van der Waals surface area contributed by atoms with Crippen LogP contribution in [0.1, 0.15) is 0 Å². The molecule has 3 heteroatoms. The van der Waals surface area contributed by atoms with Crippen LogP contribution in [-0.4, -0.2) is 4.57 Å². The third-order valence-electron chi connectivity index (χ3n) is 9.75. The highest BCUT2D eigenvalue weighted by Crippen LogP contribution is 2.44. The molecule has 49 heavy (non-hydrogen) atoms. The van der Waals surface area contributed by atoms with E-state index < -0.39 is 0 Å². The molecule has 0 aliphatic heterocycles. The van der Waals surface area contributed by atoms with Gasteiger partial charge in [-0.05, 0) is 94.7 Å². The van der Waals surface area contributed by atoms with Crippen LogP contribution < -0.4 is 4.90 Å². The molecule has 2 heterocycles. The number of furan rings is 1. The summed E-state index contributed by atoms with van der Waals surface area (Å²) >= 11 is 0. The van der Waals surface area contributed by atoms with Gasteiger partial charge in [0.2, 0.25) is 0 Å². The maximum atomic E-state index is 6.67. The van der Waals surface area contributed by atoms with E-state index in [1.54, 1.807) is 0 Å². The Kier molecular flexibility index (Phi) is 6.18. The molecule has 2 aromatic heterocycles. The Balaban J connectivity index is 1.20. The predicted octanol–water partition coefficient (Wildman–Crippen LogP) is 13.0. The Morgan fingerprint density at radius 2 is 1.00 bits per heavy atom. The minimum atomic E-state index is 0.877. The monoisotopic (exact) mass is 626 g/mol. The smallest absolute Gasteiger partial charge is 0.136 e. The summed E-state index contributed by atoms with van der Waals surface area (Å²) in [5.41, 5.74) is 10.9. The Bertz CT molecular complexity index is 2770. The molecule has 0 aliphatic carbocycles. The fourth-order valence-electron chi connectivity index (χ4n) is 7.60. The fraction of sp³-hybridized carbons (Fsp3) is 0. The summed E-state index contributed by atoms with van der Waals surface area (Å²) in [5.74, 6) is 0. The van der Waals surface area contributed by atoms with Gasteiger partial charge in [0.1, 0.15) is 11.2 Å². The van der Waals surface area contributed by atoms with E-state index in [1.807, 2.05) is 0 Å². The quantitative estimate of drug-likeness (QED) is 0.190. The van der Waals surface area contributed by atoms with Crippen LogP contribution in [-0.2, 0) is 0 Å². The number of nitrogens with zero attached hydrogens (tertiary/aromatic N) is 2. The second kappa shape index (κ2) is 11.0. The van der Waals surface area contributed by atoms with Crippen molar-refractivity contribution in [3.63, 3.8) is 0 Å². The molecule has 8 aromatic carbocycles. The highest BCUT2D eigenvalue weighted by Gasteiger charge is 2.19. The minimum Gasteiger partial charge on any atom is -0.456 e. The zero-order valence-electron chi connectivity index (χ0n) is 26.6. The summed E-state index contributed by atoms with van der Waals surface area (Å²) < 4.78 is 9.05. The van der Waals surface area contributed by atoms with Crippen molar-refractivity contribution >= 4 is 71.6 Å². The van der Waals surface area contributed by atoms with Gasteiger partial charge in [-0.1, -0.05) is 109 Å². The third kappa shape index (κ3) is 4.37. The van der Waals surface area contributed by atoms with Gasteiger partial charge < -0.3 is 13.9 Å². The zero-order chi connectivity index (χ0) is 32.3. The molecule has 3 nitrogen and oxygen atoms in total. The van der Waals surface area contributed by atoms with Crippen molar-refractivity contribution < 1.29 is 4.42 Å². The number of hydrogen-bond donors (Lipinski definition) is 0. The lowest BCUT2D eigenvalue weighted by atomic mass is 9.94. The van der Waals surface area contributed by atoms with E-state index in [4.69, 9.17) is 4.42 Å². The first-order valence-electron chi connectivity index (χ1n) is 16.7. The minimum absolute atomic E-state index is 0.877. The molecule has 0 spiro atoms. The molecule has 230 valence electrons. The largest absolute Gasteiger partial charge is 0.456 e. The van der Waals surface area contributed by atoms with Gasteiger partial charge in [-0.3, -0.25) is 0 Å². The molecule has 0 unspecified atom stereocenters. The zero-order valence-corrected chi connectivity index (χ0v) is 26.6. The van der Waals surface area contributed by atoms with E-state index >= 15 is 0 Å². The van der Waals surface area contributed by atoms with Crippen LogP contribution in [0.3, 0.4) is 0 Å². The molecule has 10 rings (SSSR count). The van der Waals surface area contributed by atoms with Gasteiger partial charge >= 0.3 is 0 Å². The average molecular weight is 627 g/mol. The molecule has 0 saturated carbocycles. The molecule has 0 saturated heterocycles. The van der Waals surface area contributed by atoms with E-state index in [0.29, 0.717) is 0 Å². The molecule has 0 atom stereocenters. The van der Waals surface area contributed by atoms with E-state index in [2.05, 4.69) is 191 Å². The number of aromatic nitrogens is 1. The van der Waals surface area contributed by atoms with Crippen LogP contribution in [0, 0.1) is 0 Å². The van der Waals surface area contributed by atoms with Gasteiger partial charge in [-0.15, -0.1) is 0 Å². The normalized spacial score (nSPS) is 11.7. The Labute approximate surface area is 283 Å². The Morgan fingerprint density at radius 1 is 0.388 bits per heavy atom. The van der Waals surface area contributed by atoms with E-state index in [9.17, 15) is 0 Å². The molecule has 0 aliphatic rings. The number of anilines is 3. The summed E-state index contributed by atoms with van der Waals surface area (Å²) in [6, 6.07) is 64.8. The van der Waals surface area contributed by atoms with E-state index in [1.165, 1.54) is 32.6 Å². The van der Waals surface area contributed by atoms with Crippen molar-refractivity contribution in [1.29, 1.82) is 0 Å². The maximum absolute atomic E-state index is 6.67. The molecular weight excluding hydrogens is 597 g/mol. The van der Waals surface area contributed by atoms with Crippen LogP contribution in [0.25, 0.3) is 71.3 Å². The highest BCUT2D eigenvalue weighted by molar-refractivity contribution is 6.23. The fourth-order valence-corrected chi connectivity index (χ4v) is 7.60. The van der Waals surface area contributed by atoms with Crippen LogP contribution >= 0.6 is 0 Å². The predicted molar refractivity (Wildman–Crippen MR) is 206 cm³/mol. The number of para-hydroxylation sites is 4. The van der Waals surface area contributed by atoms with Gasteiger partial charge in [0, 0.05) is 44.3 Å². The standard InChI is InChI=1S/C46H30N2O/c1-4-14-32(15-5-1)47(33-16-6-2-7-17-33)35-25-27-44-41(29-35)46-39-22-11-10-20-36(39)40(30-45(46)49-44)31-24-26-38-37-21-12-13-23-42(37)48(43(38)28-31)34-18-8-3-9-19-34/h1-30H. The number of rotatable bonds is 5. The highest BCUT2D eigenvalue weighted by atomic mass is 16.3. The lowest BCUT2D eigenvalue weighted by Crippen LogP contribution is -2.09. The second-order valence-corrected chi connectivity index (χ2v) is 12.6. The van der Waals surface area contributed by atoms with Gasteiger partial charge in [0.15, 0.2) is 0 Å². The van der Waals surface area contributed by atoms with Crippen molar-refractivity contribution in [3.05, 3.63) is 182 Å². The number of hydrogen-bond acceptors (Lipinski definition) is 2. The van der Waals surface area contributed by atoms with Crippen LogP contribution in [0.2, 0.25) is 0 Å². The summed E-state index contributed by atoms with van der Waals surface area (Å²) in [6.07, 6.45) is 0. The van der Waals surface area contributed by atoms with Crippen LogP contribution in [0.4, 0.5) is 17.1 Å². The van der Waals surface area contributed by atoms with Gasteiger partial charge in [-0.2, -0.15) is 0 Å². The summed E-state index contributed by atoms with van der Waals surface area (Å²) in [7, 11) is 0. The summed E-state index contributed by atoms with van der Waals surface area (Å²) in [5, 5.41) is 7.12. The first-order valence-corrected chi connectivity index (χ1v) is 16.7. The maximum Gasteiger partial charge on any atom is 0.136 e. The Morgan fingerprint density at radius 3 is 1.73 bits per heavy atom. The molecular formula is C46H30N2O. The third-order valence-corrected chi connectivity index (χ3v) is 9.75. The van der Waals surface area contributed by atoms with Crippen molar-refractivity contribution in [2.24, 2.45) is 0 Å². The molecule has 0 radical (unpaired) electrons. The van der Waals surface area contributed by atoms with E-state index in [0.717, 1.165) is 55.8 Å². The first-order chi connectivity index (χ1) is 24.3. The van der Waals surface area contributed by atoms with E-state index in [-0.39, 0.29) is 0 Å². The first kappa shape index (κ1) is 27.5.